The van der Waals surface area contributed by atoms with Crippen molar-refractivity contribution in [2.45, 2.75) is 58.0 Å². The molecule has 2 heterocycles. The van der Waals surface area contributed by atoms with Crippen molar-refractivity contribution in [3.8, 4) is 17.9 Å². The highest BCUT2D eigenvalue weighted by atomic mass is 16.5. The van der Waals surface area contributed by atoms with Gasteiger partial charge in [0.1, 0.15) is 11.9 Å². The van der Waals surface area contributed by atoms with E-state index in [4.69, 9.17) is 15.3 Å². The van der Waals surface area contributed by atoms with Gasteiger partial charge >= 0.3 is 0 Å². The number of benzene rings is 1. The lowest BCUT2D eigenvalue weighted by Crippen LogP contribution is -2.48. The largest absolute Gasteiger partial charge is 0.489 e. The normalized spacial score (nSPS) is 20.0. The van der Waals surface area contributed by atoms with Crippen LogP contribution in [0.4, 0.5) is 0 Å². The minimum Gasteiger partial charge on any atom is -0.489 e. The second-order valence-electron chi connectivity index (χ2n) is 6.77. The Morgan fingerprint density at radius 1 is 1.15 bits per heavy atom. The third-order valence-electron chi connectivity index (χ3n) is 5.16. The molecule has 0 aromatic heterocycles. The Kier molecular flexibility index (Phi) is 7.63. The van der Waals surface area contributed by atoms with Crippen LogP contribution in [-0.2, 0) is 0 Å². The Morgan fingerprint density at radius 2 is 1.77 bits per heavy atom. The molecule has 5 heteroatoms. The molecule has 1 atom stereocenters. The molecule has 1 saturated heterocycles. The molecule has 1 aromatic carbocycles. The standard InChI is InChI=1S/C17H18N2O2.C4H9N/c1-2-15-17(9-5-11-18,10-6-12-19)16(20)13-7-3-4-8-14(13)21-15;1-2-4-5-3-1/h3-4,7-8,15H,2,5-6,9-10H2,1H3;5H,1-4H2. The van der Waals surface area contributed by atoms with Crippen LogP contribution in [0.2, 0.25) is 0 Å². The van der Waals surface area contributed by atoms with Crippen molar-refractivity contribution >= 4 is 5.78 Å². The van der Waals surface area contributed by atoms with Gasteiger partial charge in [0.15, 0.2) is 5.78 Å². The molecule has 2 aliphatic rings. The molecule has 0 radical (unpaired) electrons. The average molecular weight is 353 g/mol. The predicted molar refractivity (Wildman–Crippen MR) is 99.7 cm³/mol. The van der Waals surface area contributed by atoms with E-state index in [-0.39, 0.29) is 11.9 Å². The van der Waals surface area contributed by atoms with Crippen molar-refractivity contribution in [2.24, 2.45) is 5.41 Å². The highest BCUT2D eigenvalue weighted by Crippen LogP contribution is 2.46. The molecule has 138 valence electrons. The van der Waals surface area contributed by atoms with Crippen molar-refractivity contribution in [1.82, 2.24) is 5.32 Å². The molecule has 3 rings (SSSR count). The van der Waals surface area contributed by atoms with Crippen LogP contribution >= 0.6 is 0 Å². The highest BCUT2D eigenvalue weighted by Gasteiger charge is 2.49. The molecule has 5 nitrogen and oxygen atoms in total. The van der Waals surface area contributed by atoms with Crippen LogP contribution < -0.4 is 10.1 Å². The number of nitriles is 2. The molecular weight excluding hydrogens is 326 g/mol. The zero-order valence-electron chi connectivity index (χ0n) is 15.5. The van der Waals surface area contributed by atoms with Crippen molar-refractivity contribution in [3.05, 3.63) is 29.8 Å². The van der Waals surface area contributed by atoms with Crippen molar-refractivity contribution < 1.29 is 9.53 Å². The number of ketones is 1. The number of nitrogens with one attached hydrogen (secondary N) is 1. The monoisotopic (exact) mass is 353 g/mol. The first-order valence-electron chi connectivity index (χ1n) is 9.44. The van der Waals surface area contributed by atoms with Crippen LogP contribution in [0.5, 0.6) is 5.75 Å². The van der Waals surface area contributed by atoms with Crippen LogP contribution in [0, 0.1) is 28.1 Å². The van der Waals surface area contributed by atoms with Crippen LogP contribution in [0.3, 0.4) is 0 Å². The quantitative estimate of drug-likeness (QED) is 0.864. The first kappa shape index (κ1) is 19.9. The molecule has 0 amide bonds. The summed E-state index contributed by atoms with van der Waals surface area (Å²) in [4.78, 5) is 13.0. The molecule has 0 aliphatic carbocycles. The van der Waals surface area contributed by atoms with Gasteiger partial charge in [0.25, 0.3) is 0 Å². The van der Waals surface area contributed by atoms with Gasteiger partial charge in [0.05, 0.1) is 23.1 Å². The van der Waals surface area contributed by atoms with Gasteiger partial charge < -0.3 is 10.1 Å². The second kappa shape index (κ2) is 9.94. The van der Waals surface area contributed by atoms with E-state index in [9.17, 15) is 4.79 Å². The number of ether oxygens (including phenoxy) is 1. The summed E-state index contributed by atoms with van der Waals surface area (Å²) in [6.07, 6.45) is 4.64. The predicted octanol–water partition coefficient (Wildman–Crippen LogP) is 4.00. The summed E-state index contributed by atoms with van der Waals surface area (Å²) in [6, 6.07) is 11.4. The Morgan fingerprint density at radius 3 is 2.27 bits per heavy atom. The fraction of sp³-hybridized carbons (Fsp3) is 0.571. The van der Waals surface area contributed by atoms with E-state index in [1.807, 2.05) is 19.1 Å². The van der Waals surface area contributed by atoms with E-state index < -0.39 is 5.41 Å². The molecule has 1 fully saturated rings. The molecule has 1 aromatic rings. The van der Waals surface area contributed by atoms with Gasteiger partial charge in [-0.05, 0) is 57.3 Å². The second-order valence-corrected chi connectivity index (χ2v) is 6.77. The summed E-state index contributed by atoms with van der Waals surface area (Å²) in [7, 11) is 0. The third kappa shape index (κ3) is 4.42. The molecule has 0 saturated carbocycles. The summed E-state index contributed by atoms with van der Waals surface area (Å²) in [5.41, 5.74) is -0.188. The van der Waals surface area contributed by atoms with E-state index in [0.717, 1.165) is 0 Å². The Labute approximate surface area is 156 Å². The molecule has 0 bridgehead atoms. The summed E-state index contributed by atoms with van der Waals surface area (Å²) in [6.45, 7) is 4.47. The van der Waals surface area contributed by atoms with Crippen LogP contribution in [-0.4, -0.2) is 25.0 Å². The zero-order chi connectivity index (χ0) is 18.8. The van der Waals surface area contributed by atoms with Gasteiger partial charge in [-0.15, -0.1) is 0 Å². The van der Waals surface area contributed by atoms with Gasteiger partial charge in [-0.3, -0.25) is 4.79 Å². The molecule has 1 N–H and O–H groups in total. The van der Waals surface area contributed by atoms with Crippen LogP contribution in [0.25, 0.3) is 0 Å². The van der Waals surface area contributed by atoms with E-state index in [1.165, 1.54) is 25.9 Å². The number of rotatable bonds is 5. The lowest BCUT2D eigenvalue weighted by molar-refractivity contribution is 0.0165. The first-order chi connectivity index (χ1) is 12.7. The number of Topliss-reactive ketones (excluding diaryl/α,β-unsaturated/α-hetero) is 1. The van der Waals surface area contributed by atoms with Crippen molar-refractivity contribution in [2.75, 3.05) is 13.1 Å². The number of hydrogen-bond acceptors (Lipinski definition) is 5. The fourth-order valence-corrected chi connectivity index (χ4v) is 3.77. The minimum absolute atomic E-state index is 0.0155. The maximum absolute atomic E-state index is 13.0. The van der Waals surface area contributed by atoms with E-state index in [0.29, 0.717) is 43.4 Å². The molecule has 1 unspecified atom stereocenters. The Balaban J connectivity index is 0.000000417. The lowest BCUT2D eigenvalue weighted by Gasteiger charge is -2.42. The topological polar surface area (TPSA) is 85.9 Å². The van der Waals surface area contributed by atoms with Crippen LogP contribution in [0.15, 0.2) is 24.3 Å². The zero-order valence-corrected chi connectivity index (χ0v) is 15.5. The maximum atomic E-state index is 13.0. The number of hydrogen-bond donors (Lipinski definition) is 1. The Bertz CT molecular complexity index is 658. The highest BCUT2D eigenvalue weighted by molar-refractivity contribution is 6.04. The summed E-state index contributed by atoms with van der Waals surface area (Å²) < 4.78 is 6.02. The average Bonchev–Trinajstić information content (AvgIpc) is 3.26. The minimum atomic E-state index is -0.755. The van der Waals surface area contributed by atoms with Gasteiger partial charge in [-0.2, -0.15) is 10.5 Å². The van der Waals surface area contributed by atoms with Gasteiger partial charge in [0.2, 0.25) is 0 Å². The molecule has 26 heavy (non-hydrogen) atoms. The molecular formula is C21H27N3O2. The maximum Gasteiger partial charge on any atom is 0.176 e. The number of carbonyl (C=O) groups is 1. The third-order valence-corrected chi connectivity index (χ3v) is 5.16. The summed E-state index contributed by atoms with van der Waals surface area (Å²) in [5, 5.41) is 21.0. The number of carbonyl (C=O) groups excluding carboxylic acids is 1. The van der Waals surface area contributed by atoms with Gasteiger partial charge in [-0.1, -0.05) is 19.1 Å². The smallest absolute Gasteiger partial charge is 0.176 e. The number of fused-ring (bicyclic) bond motifs is 1. The van der Waals surface area contributed by atoms with Crippen LogP contribution in [0.1, 0.15) is 62.2 Å². The van der Waals surface area contributed by atoms with E-state index in [2.05, 4.69) is 17.5 Å². The first-order valence-corrected chi connectivity index (χ1v) is 9.44. The number of para-hydroxylation sites is 1. The van der Waals surface area contributed by atoms with E-state index in [1.54, 1.807) is 12.1 Å². The molecule has 2 aliphatic heterocycles. The SMILES string of the molecule is C1CCNC1.CCC1Oc2ccccc2C(=O)C1(CCC#N)CCC#N. The van der Waals surface area contributed by atoms with Crippen molar-refractivity contribution in [1.29, 1.82) is 10.5 Å². The van der Waals surface area contributed by atoms with Gasteiger partial charge in [0, 0.05) is 12.8 Å². The number of nitrogens with zero attached hydrogens (tertiary/aromatic N) is 2. The lowest BCUT2D eigenvalue weighted by atomic mass is 9.67. The van der Waals surface area contributed by atoms with E-state index >= 15 is 0 Å². The fourth-order valence-electron chi connectivity index (χ4n) is 3.77. The summed E-state index contributed by atoms with van der Waals surface area (Å²) >= 11 is 0. The van der Waals surface area contributed by atoms with Crippen molar-refractivity contribution in [3.63, 3.8) is 0 Å². The molecule has 0 spiro atoms. The van der Waals surface area contributed by atoms with Gasteiger partial charge in [-0.25, -0.2) is 0 Å². The summed E-state index contributed by atoms with van der Waals surface area (Å²) in [5.74, 6) is 0.626. The Hall–Kier alpha value is -2.37.